The van der Waals surface area contributed by atoms with Crippen LogP contribution in [-0.2, 0) is 4.74 Å². The lowest BCUT2D eigenvalue weighted by molar-refractivity contribution is -0.275. The lowest BCUT2D eigenvalue weighted by Gasteiger charge is -2.17. The Hall–Kier alpha value is -0.530. The van der Waals surface area contributed by atoms with E-state index in [9.17, 15) is 13.2 Å². The normalized spacial score (nSPS) is 25.6. The van der Waals surface area contributed by atoms with Gasteiger partial charge in [-0.15, -0.1) is 13.2 Å². The SMILES string of the molecule is FC(F)(F)Oc1cccc2c1C1OC2C(Br)=C1Br. The van der Waals surface area contributed by atoms with Crippen LogP contribution in [0.1, 0.15) is 23.3 Å². The molecule has 2 heterocycles. The van der Waals surface area contributed by atoms with E-state index in [0.717, 1.165) is 4.48 Å². The molecule has 96 valence electrons. The monoisotopic (exact) mass is 384 g/mol. The van der Waals surface area contributed by atoms with Gasteiger partial charge in [-0.3, -0.25) is 0 Å². The highest BCUT2D eigenvalue weighted by atomic mass is 79.9. The molecule has 1 aromatic rings. The molecule has 2 bridgehead atoms. The van der Waals surface area contributed by atoms with Crippen molar-refractivity contribution in [3.8, 4) is 5.75 Å². The largest absolute Gasteiger partial charge is 0.573 e. The maximum atomic E-state index is 12.3. The molecule has 2 unspecified atom stereocenters. The second kappa shape index (κ2) is 3.98. The second-order valence-corrected chi connectivity index (χ2v) is 5.61. The minimum absolute atomic E-state index is 0.204. The summed E-state index contributed by atoms with van der Waals surface area (Å²) in [4.78, 5) is 0. The van der Waals surface area contributed by atoms with Gasteiger partial charge in [0.05, 0.1) is 0 Å². The Labute approximate surface area is 117 Å². The minimum Gasteiger partial charge on any atom is -0.405 e. The van der Waals surface area contributed by atoms with Crippen LogP contribution in [0.4, 0.5) is 13.2 Å². The van der Waals surface area contributed by atoms with Crippen LogP contribution < -0.4 is 4.74 Å². The fourth-order valence-corrected chi connectivity index (χ4v) is 3.30. The van der Waals surface area contributed by atoms with Gasteiger partial charge in [-0.1, -0.05) is 44.0 Å². The van der Waals surface area contributed by atoms with Crippen molar-refractivity contribution in [2.45, 2.75) is 18.6 Å². The summed E-state index contributed by atoms with van der Waals surface area (Å²) in [6, 6.07) is 4.56. The average Bonchev–Trinajstić information content (AvgIpc) is 2.76. The number of alkyl halides is 3. The van der Waals surface area contributed by atoms with E-state index in [0.29, 0.717) is 15.6 Å². The molecule has 0 fully saturated rings. The molecule has 0 amide bonds. The first-order valence-electron chi connectivity index (χ1n) is 4.97. The summed E-state index contributed by atoms with van der Waals surface area (Å²) in [6.45, 7) is 0. The molecule has 0 saturated carbocycles. The lowest BCUT2D eigenvalue weighted by atomic mass is 9.96. The van der Waals surface area contributed by atoms with Crippen molar-refractivity contribution in [2.75, 3.05) is 0 Å². The number of rotatable bonds is 1. The topological polar surface area (TPSA) is 18.5 Å². The number of ether oxygens (including phenoxy) is 2. The van der Waals surface area contributed by atoms with Crippen LogP contribution in [0, 0.1) is 0 Å². The predicted octanol–water partition coefficient (Wildman–Crippen LogP) is 4.71. The van der Waals surface area contributed by atoms with Gasteiger partial charge in [0.2, 0.25) is 0 Å². The van der Waals surface area contributed by atoms with Gasteiger partial charge in [0.25, 0.3) is 0 Å². The standard InChI is InChI=1S/C11H5Br2F3O2/c12-7-8(13)10-6-4(9(7)17-10)2-1-3-5(6)18-11(14,15)16/h1-3,9-10H. The van der Waals surface area contributed by atoms with Crippen LogP contribution in [0.25, 0.3) is 0 Å². The van der Waals surface area contributed by atoms with Gasteiger partial charge in [-0.2, -0.15) is 0 Å². The molecule has 18 heavy (non-hydrogen) atoms. The van der Waals surface area contributed by atoms with Gasteiger partial charge in [0.15, 0.2) is 0 Å². The molecule has 7 heteroatoms. The Bertz CT molecular complexity index is 554. The highest BCUT2D eigenvalue weighted by Gasteiger charge is 2.46. The Morgan fingerprint density at radius 1 is 1.11 bits per heavy atom. The summed E-state index contributed by atoms with van der Waals surface area (Å²) in [6.07, 6.45) is -5.58. The van der Waals surface area contributed by atoms with Gasteiger partial charge in [-0.05, 0) is 11.6 Å². The van der Waals surface area contributed by atoms with Crippen molar-refractivity contribution in [3.05, 3.63) is 38.3 Å². The Balaban J connectivity index is 2.08. The molecule has 0 aliphatic carbocycles. The van der Waals surface area contributed by atoms with Crippen LogP contribution in [0.15, 0.2) is 27.2 Å². The number of benzene rings is 1. The fourth-order valence-electron chi connectivity index (χ4n) is 2.19. The molecular weight excluding hydrogens is 381 g/mol. The third kappa shape index (κ3) is 1.80. The van der Waals surface area contributed by atoms with E-state index in [1.807, 2.05) is 0 Å². The summed E-state index contributed by atoms with van der Waals surface area (Å²) >= 11 is 6.68. The molecule has 0 saturated heterocycles. The molecular formula is C11H5Br2F3O2. The van der Waals surface area contributed by atoms with E-state index < -0.39 is 12.5 Å². The van der Waals surface area contributed by atoms with Crippen LogP contribution in [0.5, 0.6) is 5.75 Å². The van der Waals surface area contributed by atoms with Gasteiger partial charge < -0.3 is 9.47 Å². The number of hydrogen-bond donors (Lipinski definition) is 0. The molecule has 1 aromatic carbocycles. The van der Waals surface area contributed by atoms with Gasteiger partial charge in [0.1, 0.15) is 18.0 Å². The summed E-state index contributed by atoms with van der Waals surface area (Å²) in [5, 5.41) is 0. The molecule has 2 nitrogen and oxygen atoms in total. The molecule has 0 spiro atoms. The molecule has 2 aliphatic heterocycles. The molecule has 0 aromatic heterocycles. The van der Waals surface area contributed by atoms with Crippen molar-refractivity contribution >= 4 is 31.9 Å². The van der Waals surface area contributed by atoms with Gasteiger partial charge >= 0.3 is 6.36 Å². The van der Waals surface area contributed by atoms with Crippen molar-refractivity contribution in [3.63, 3.8) is 0 Å². The smallest absolute Gasteiger partial charge is 0.405 e. The second-order valence-electron chi connectivity index (χ2n) is 3.90. The summed E-state index contributed by atoms with van der Waals surface area (Å²) in [5.41, 5.74) is 1.15. The van der Waals surface area contributed by atoms with Crippen molar-refractivity contribution in [1.29, 1.82) is 0 Å². The van der Waals surface area contributed by atoms with Crippen LogP contribution in [0.2, 0.25) is 0 Å². The number of hydrogen-bond acceptors (Lipinski definition) is 2. The lowest BCUT2D eigenvalue weighted by Crippen LogP contribution is -2.18. The zero-order chi connectivity index (χ0) is 13.1. The predicted molar refractivity (Wildman–Crippen MR) is 64.6 cm³/mol. The number of halogens is 5. The highest BCUT2D eigenvalue weighted by molar-refractivity contribution is 9.14. The zero-order valence-corrected chi connectivity index (χ0v) is 11.8. The molecule has 0 N–H and O–H groups in total. The molecule has 3 rings (SSSR count). The Kier molecular flexibility index (Phi) is 2.76. The number of fused-ring (bicyclic) bond motifs is 5. The molecule has 2 atom stereocenters. The first kappa shape index (κ1) is 12.5. The van der Waals surface area contributed by atoms with Crippen molar-refractivity contribution < 1.29 is 22.6 Å². The first-order valence-corrected chi connectivity index (χ1v) is 6.56. The van der Waals surface area contributed by atoms with Crippen LogP contribution in [0.3, 0.4) is 0 Å². The quantitative estimate of drug-likeness (QED) is 0.696. The van der Waals surface area contributed by atoms with E-state index in [2.05, 4.69) is 36.6 Å². The van der Waals surface area contributed by atoms with E-state index in [-0.39, 0.29) is 11.9 Å². The zero-order valence-electron chi connectivity index (χ0n) is 8.59. The summed E-state index contributed by atoms with van der Waals surface area (Å²) in [5.74, 6) is -0.204. The van der Waals surface area contributed by atoms with Crippen LogP contribution in [-0.4, -0.2) is 6.36 Å². The van der Waals surface area contributed by atoms with Crippen molar-refractivity contribution in [1.82, 2.24) is 0 Å². The third-order valence-corrected chi connectivity index (χ3v) is 5.05. The first-order chi connectivity index (χ1) is 8.38. The van der Waals surface area contributed by atoms with Gasteiger partial charge in [0, 0.05) is 14.5 Å². The highest BCUT2D eigenvalue weighted by Crippen LogP contribution is 2.59. The minimum atomic E-state index is -4.70. The van der Waals surface area contributed by atoms with E-state index in [1.165, 1.54) is 12.1 Å². The third-order valence-electron chi connectivity index (χ3n) is 2.83. The fraction of sp³-hybridized carbons (Fsp3) is 0.273. The van der Waals surface area contributed by atoms with Crippen LogP contribution >= 0.6 is 31.9 Å². The maximum absolute atomic E-state index is 12.3. The Morgan fingerprint density at radius 3 is 2.44 bits per heavy atom. The summed E-state index contributed by atoms with van der Waals surface area (Å²) < 4.78 is 48.2. The average molecular weight is 386 g/mol. The van der Waals surface area contributed by atoms with E-state index in [4.69, 9.17) is 4.74 Å². The van der Waals surface area contributed by atoms with Gasteiger partial charge in [-0.25, -0.2) is 0 Å². The van der Waals surface area contributed by atoms with E-state index >= 15 is 0 Å². The molecule has 2 aliphatic rings. The van der Waals surface area contributed by atoms with E-state index in [1.54, 1.807) is 6.07 Å². The maximum Gasteiger partial charge on any atom is 0.573 e. The molecule has 0 radical (unpaired) electrons. The Morgan fingerprint density at radius 2 is 1.78 bits per heavy atom. The van der Waals surface area contributed by atoms with Crippen molar-refractivity contribution in [2.24, 2.45) is 0 Å². The summed E-state index contributed by atoms with van der Waals surface area (Å²) in [7, 11) is 0.